The first-order valence-electron chi connectivity index (χ1n) is 11.3. The molecule has 39 heavy (non-hydrogen) atoms. The van der Waals surface area contributed by atoms with Crippen molar-refractivity contribution in [1.82, 2.24) is 0 Å². The van der Waals surface area contributed by atoms with E-state index in [1.54, 1.807) is 30.3 Å². The maximum absolute atomic E-state index is 13.6. The van der Waals surface area contributed by atoms with Crippen molar-refractivity contribution in [3.05, 3.63) is 127 Å². The summed E-state index contributed by atoms with van der Waals surface area (Å²) in [6.45, 7) is 0. The first-order chi connectivity index (χ1) is 18.6. The van der Waals surface area contributed by atoms with Gasteiger partial charge in [0.15, 0.2) is 5.78 Å². The molecule has 0 fully saturated rings. The van der Waals surface area contributed by atoms with Crippen molar-refractivity contribution in [3.63, 3.8) is 0 Å². The Morgan fingerprint density at radius 3 is 1.95 bits per heavy atom. The Hall–Kier alpha value is -5.84. The van der Waals surface area contributed by atoms with Crippen molar-refractivity contribution in [1.29, 1.82) is 0 Å². The smallest absolute Gasteiger partial charge is 0.277 e. The van der Waals surface area contributed by atoms with Crippen LogP contribution in [0.5, 0.6) is 11.5 Å². The van der Waals surface area contributed by atoms with Gasteiger partial charge < -0.3 is 14.6 Å². The van der Waals surface area contributed by atoms with E-state index in [2.05, 4.69) is 0 Å². The van der Waals surface area contributed by atoms with Gasteiger partial charge >= 0.3 is 0 Å². The van der Waals surface area contributed by atoms with Gasteiger partial charge in [-0.05, 0) is 5.56 Å². The van der Waals surface area contributed by atoms with Gasteiger partial charge in [0.1, 0.15) is 28.2 Å². The van der Waals surface area contributed by atoms with Gasteiger partial charge in [-0.2, -0.15) is 0 Å². The Morgan fingerprint density at radius 2 is 1.36 bits per heavy atom. The highest BCUT2D eigenvalue weighted by Gasteiger charge is 2.23. The maximum Gasteiger partial charge on any atom is 0.277 e. The van der Waals surface area contributed by atoms with E-state index in [4.69, 9.17) is 4.42 Å². The average molecular weight is 524 g/mol. The average Bonchev–Trinajstić information content (AvgIpc) is 2.92. The van der Waals surface area contributed by atoms with Crippen molar-refractivity contribution < 1.29 is 29.3 Å². The summed E-state index contributed by atoms with van der Waals surface area (Å²) in [6.07, 6.45) is 0. The highest BCUT2D eigenvalue weighted by Crippen LogP contribution is 2.36. The molecule has 0 unspecified atom stereocenters. The molecule has 4 aromatic carbocycles. The first kappa shape index (κ1) is 24.8. The fourth-order valence-electron chi connectivity index (χ4n) is 4.23. The molecule has 0 atom stereocenters. The van der Waals surface area contributed by atoms with Crippen LogP contribution < -0.4 is 5.43 Å². The third-order valence-corrected chi connectivity index (χ3v) is 6.02. The summed E-state index contributed by atoms with van der Waals surface area (Å²) in [4.78, 5) is 47.4. The van der Waals surface area contributed by atoms with Crippen LogP contribution in [0.25, 0.3) is 33.4 Å². The fraction of sp³-hybridized carbons (Fsp3) is 0. The van der Waals surface area contributed by atoms with E-state index < -0.39 is 38.2 Å². The van der Waals surface area contributed by atoms with Crippen LogP contribution in [0.2, 0.25) is 0 Å². The van der Waals surface area contributed by atoms with Gasteiger partial charge in [-0.25, -0.2) is 0 Å². The number of hydrogen-bond acceptors (Lipinski definition) is 9. The Labute approximate surface area is 218 Å². The number of carbonyl (C=O) groups is 1. The molecule has 0 spiro atoms. The minimum atomic E-state index is -0.827. The van der Waals surface area contributed by atoms with E-state index >= 15 is 0 Å². The monoisotopic (exact) mass is 524 g/mol. The zero-order valence-corrected chi connectivity index (χ0v) is 19.7. The second kappa shape index (κ2) is 9.56. The standard InChI is InChI=1S/C28H16N2O9/c31-21-13-22(32)25-23(14-21)39-28(17-4-2-1-3-5-17)24(27(25)34)15-6-8-16(9-7-15)26(33)18-10-19(29(35)36)12-20(11-18)30(37)38/h1-14,31-32H. The third-order valence-electron chi connectivity index (χ3n) is 6.02. The number of carbonyl (C=O) groups excluding carboxylic acids is 1. The number of phenols is 2. The van der Waals surface area contributed by atoms with Crippen LogP contribution in [0, 0.1) is 20.2 Å². The highest BCUT2D eigenvalue weighted by atomic mass is 16.6. The van der Waals surface area contributed by atoms with E-state index in [1.807, 2.05) is 0 Å². The number of ketones is 1. The minimum absolute atomic E-state index is 0.0285. The van der Waals surface area contributed by atoms with Crippen molar-refractivity contribution in [2.75, 3.05) is 0 Å². The molecule has 1 aromatic heterocycles. The quantitative estimate of drug-likeness (QED) is 0.163. The van der Waals surface area contributed by atoms with Crippen LogP contribution in [0.3, 0.4) is 0 Å². The molecule has 2 N–H and O–H groups in total. The molecule has 0 radical (unpaired) electrons. The van der Waals surface area contributed by atoms with Crippen molar-refractivity contribution in [2.24, 2.45) is 0 Å². The van der Waals surface area contributed by atoms with Crippen LogP contribution in [-0.4, -0.2) is 25.8 Å². The van der Waals surface area contributed by atoms with Gasteiger partial charge in [-0.15, -0.1) is 0 Å². The number of phenolic OH excluding ortho intramolecular Hbond substituents is 2. The number of nitro groups is 2. The van der Waals surface area contributed by atoms with E-state index in [9.17, 15) is 40.0 Å². The summed E-state index contributed by atoms with van der Waals surface area (Å²) < 4.78 is 5.98. The van der Waals surface area contributed by atoms with E-state index in [0.717, 1.165) is 24.3 Å². The molecule has 0 bridgehead atoms. The van der Waals surface area contributed by atoms with Gasteiger partial charge in [0.05, 0.1) is 21.5 Å². The zero-order chi connectivity index (χ0) is 27.8. The van der Waals surface area contributed by atoms with E-state index in [1.165, 1.54) is 30.3 Å². The predicted octanol–water partition coefficient (Wildman–Crippen LogP) is 5.59. The molecule has 1 heterocycles. The summed E-state index contributed by atoms with van der Waals surface area (Å²) in [6, 6.07) is 19.2. The number of non-ortho nitro benzene ring substituents is 2. The summed E-state index contributed by atoms with van der Waals surface area (Å²) in [7, 11) is 0. The Kier molecular flexibility index (Phi) is 6.09. The lowest BCUT2D eigenvalue weighted by atomic mass is 9.95. The molecule has 0 amide bonds. The number of fused-ring (bicyclic) bond motifs is 1. The summed E-state index contributed by atoms with van der Waals surface area (Å²) >= 11 is 0. The largest absolute Gasteiger partial charge is 0.508 e. The van der Waals surface area contributed by atoms with Crippen molar-refractivity contribution in [2.45, 2.75) is 0 Å². The van der Waals surface area contributed by atoms with Gasteiger partial charge in [-0.1, -0.05) is 54.6 Å². The lowest BCUT2D eigenvalue weighted by Gasteiger charge is -2.12. The molecular weight excluding hydrogens is 508 g/mol. The fourth-order valence-corrected chi connectivity index (χ4v) is 4.23. The Morgan fingerprint density at radius 1 is 0.744 bits per heavy atom. The lowest BCUT2D eigenvalue weighted by Crippen LogP contribution is -2.08. The molecule has 11 nitrogen and oxygen atoms in total. The molecular formula is C28H16N2O9. The summed E-state index contributed by atoms with van der Waals surface area (Å²) in [5.74, 6) is -1.31. The Bertz CT molecular complexity index is 1830. The van der Waals surface area contributed by atoms with Crippen LogP contribution in [-0.2, 0) is 0 Å². The number of benzene rings is 4. The number of hydrogen-bond donors (Lipinski definition) is 2. The zero-order valence-electron chi connectivity index (χ0n) is 19.7. The van der Waals surface area contributed by atoms with Gasteiger partial charge in [0.25, 0.3) is 11.4 Å². The summed E-state index contributed by atoms with van der Waals surface area (Å²) in [5.41, 5.74) is -1.04. The van der Waals surface area contributed by atoms with E-state index in [0.29, 0.717) is 11.1 Å². The van der Waals surface area contributed by atoms with Crippen LogP contribution in [0.4, 0.5) is 11.4 Å². The topological polar surface area (TPSA) is 174 Å². The predicted molar refractivity (Wildman–Crippen MR) is 140 cm³/mol. The maximum atomic E-state index is 13.6. The number of rotatable bonds is 6. The molecule has 5 aromatic rings. The number of nitro benzene ring substituents is 2. The molecule has 0 aliphatic carbocycles. The molecule has 0 aliphatic rings. The second-order valence-electron chi connectivity index (χ2n) is 8.50. The molecule has 0 saturated heterocycles. The van der Waals surface area contributed by atoms with Crippen LogP contribution in [0.15, 0.2) is 94.1 Å². The highest BCUT2D eigenvalue weighted by molar-refractivity contribution is 6.10. The van der Waals surface area contributed by atoms with Gasteiger partial charge in [0.2, 0.25) is 5.43 Å². The Balaban J connectivity index is 1.65. The molecule has 192 valence electrons. The molecule has 0 saturated carbocycles. The van der Waals surface area contributed by atoms with E-state index in [-0.39, 0.29) is 39.2 Å². The number of nitrogens with zero attached hydrogens (tertiary/aromatic N) is 2. The summed E-state index contributed by atoms with van der Waals surface area (Å²) in [5, 5.41) is 42.5. The van der Waals surface area contributed by atoms with Gasteiger partial charge in [0, 0.05) is 41.0 Å². The second-order valence-corrected chi connectivity index (χ2v) is 8.50. The van der Waals surface area contributed by atoms with Crippen LogP contribution >= 0.6 is 0 Å². The van der Waals surface area contributed by atoms with Crippen LogP contribution in [0.1, 0.15) is 15.9 Å². The molecule has 0 aliphatic heterocycles. The SMILES string of the molecule is O=C(c1ccc(-c2c(-c3ccccc3)oc3cc(O)cc(O)c3c2=O)cc1)c1cc([N+](=O)[O-])cc([N+](=O)[O-])c1. The van der Waals surface area contributed by atoms with Gasteiger partial charge in [-0.3, -0.25) is 29.8 Å². The minimum Gasteiger partial charge on any atom is -0.508 e. The normalized spacial score (nSPS) is 10.9. The van der Waals surface area contributed by atoms with Crippen molar-refractivity contribution in [3.8, 4) is 33.9 Å². The third kappa shape index (κ3) is 4.55. The first-order valence-corrected chi connectivity index (χ1v) is 11.3. The molecule has 5 rings (SSSR count). The number of aromatic hydroxyl groups is 2. The molecule has 11 heteroatoms. The van der Waals surface area contributed by atoms with Crippen molar-refractivity contribution >= 4 is 28.1 Å². The lowest BCUT2D eigenvalue weighted by molar-refractivity contribution is -0.394.